The molecule has 0 radical (unpaired) electrons. The zero-order valence-corrected chi connectivity index (χ0v) is 21.7. The third-order valence-electron chi connectivity index (χ3n) is 6.47. The number of guanidine groups is 1. The molecule has 4 aromatic rings. The Labute approximate surface area is 229 Å². The van der Waals surface area contributed by atoms with E-state index in [1.54, 1.807) is 41.6 Å². The van der Waals surface area contributed by atoms with Gasteiger partial charge < -0.3 is 26.6 Å². The number of primary amides is 1. The SMILES string of the molecule is N#C/N=C(\Nc1cccc(NC(=O)c2sccc2NCc2ccnc3ccccc23)c1)N1CCC[C@@H]1C(N)=O. The molecule has 1 fully saturated rings. The number of fused-ring (bicyclic) bond motifs is 1. The molecule has 1 saturated heterocycles. The quantitative estimate of drug-likeness (QED) is 0.155. The molecule has 2 aromatic carbocycles. The third-order valence-corrected chi connectivity index (χ3v) is 7.38. The smallest absolute Gasteiger partial charge is 0.267 e. The number of anilines is 3. The largest absolute Gasteiger partial charge is 0.380 e. The van der Waals surface area contributed by atoms with E-state index in [4.69, 9.17) is 5.73 Å². The molecule has 0 aliphatic carbocycles. The maximum Gasteiger partial charge on any atom is 0.267 e. The van der Waals surface area contributed by atoms with Crippen LogP contribution in [0.4, 0.5) is 17.1 Å². The Bertz CT molecular complexity index is 1590. The van der Waals surface area contributed by atoms with Crippen LogP contribution < -0.4 is 21.7 Å². The van der Waals surface area contributed by atoms with Gasteiger partial charge in [0.15, 0.2) is 0 Å². The zero-order chi connectivity index (χ0) is 27.2. The number of aromatic nitrogens is 1. The van der Waals surface area contributed by atoms with Crippen molar-refractivity contribution in [3.05, 3.63) is 82.7 Å². The van der Waals surface area contributed by atoms with E-state index in [1.807, 2.05) is 41.8 Å². The fourth-order valence-electron chi connectivity index (χ4n) is 4.64. The summed E-state index contributed by atoms with van der Waals surface area (Å²) in [7, 11) is 0. The first-order valence-electron chi connectivity index (χ1n) is 12.4. The summed E-state index contributed by atoms with van der Waals surface area (Å²) in [4.78, 5) is 35.6. The highest BCUT2D eigenvalue weighted by Gasteiger charge is 2.31. The molecule has 39 heavy (non-hydrogen) atoms. The topological polar surface area (TPSA) is 149 Å². The van der Waals surface area contributed by atoms with Crippen LogP contribution in [0.1, 0.15) is 28.1 Å². The number of amides is 2. The van der Waals surface area contributed by atoms with Crippen LogP contribution in [0.2, 0.25) is 0 Å². The minimum absolute atomic E-state index is 0.246. The molecule has 5 rings (SSSR count). The molecule has 0 unspecified atom stereocenters. The van der Waals surface area contributed by atoms with E-state index >= 15 is 0 Å². The second-order valence-corrected chi connectivity index (χ2v) is 9.87. The maximum atomic E-state index is 13.2. The van der Waals surface area contributed by atoms with Gasteiger partial charge in [0.1, 0.15) is 10.9 Å². The molecule has 0 saturated carbocycles. The van der Waals surface area contributed by atoms with Gasteiger partial charge in [-0.1, -0.05) is 24.3 Å². The number of nitriles is 1. The summed E-state index contributed by atoms with van der Waals surface area (Å²) in [5.41, 5.74) is 9.45. The van der Waals surface area contributed by atoms with E-state index in [0.29, 0.717) is 35.8 Å². The molecule has 1 atom stereocenters. The second kappa shape index (κ2) is 11.6. The molecule has 196 valence electrons. The Kier molecular flexibility index (Phi) is 7.65. The molecular formula is C28H26N8O2S. The van der Waals surface area contributed by atoms with Crippen LogP contribution in [0, 0.1) is 11.5 Å². The Morgan fingerprint density at radius 2 is 1.95 bits per heavy atom. The lowest BCUT2D eigenvalue weighted by Crippen LogP contribution is -2.46. The van der Waals surface area contributed by atoms with Gasteiger partial charge in [-0.3, -0.25) is 14.6 Å². The van der Waals surface area contributed by atoms with Crippen molar-refractivity contribution in [1.82, 2.24) is 9.88 Å². The number of carbonyl (C=O) groups is 2. The molecule has 11 heteroatoms. The van der Waals surface area contributed by atoms with Crippen LogP contribution in [0.15, 0.2) is 77.2 Å². The van der Waals surface area contributed by atoms with Crippen LogP contribution in [0.25, 0.3) is 10.9 Å². The van der Waals surface area contributed by atoms with Crippen LogP contribution in [0.3, 0.4) is 0 Å². The fourth-order valence-corrected chi connectivity index (χ4v) is 5.41. The lowest BCUT2D eigenvalue weighted by Gasteiger charge is -2.25. The highest BCUT2D eigenvalue weighted by molar-refractivity contribution is 7.12. The number of para-hydroxylation sites is 1. The predicted octanol–water partition coefficient (Wildman–Crippen LogP) is 4.36. The fraction of sp³-hybridized carbons (Fsp3) is 0.179. The number of thiophene rings is 1. The Morgan fingerprint density at radius 3 is 2.77 bits per heavy atom. The van der Waals surface area contributed by atoms with Crippen LogP contribution >= 0.6 is 11.3 Å². The summed E-state index contributed by atoms with van der Waals surface area (Å²) >= 11 is 1.35. The first kappa shape index (κ1) is 25.7. The van der Waals surface area contributed by atoms with Crippen molar-refractivity contribution < 1.29 is 9.59 Å². The van der Waals surface area contributed by atoms with Gasteiger partial charge in [0, 0.05) is 36.0 Å². The van der Waals surface area contributed by atoms with E-state index in [9.17, 15) is 14.9 Å². The summed E-state index contributed by atoms with van der Waals surface area (Å²) in [6.45, 7) is 1.10. The van der Waals surface area contributed by atoms with E-state index in [1.165, 1.54) is 11.3 Å². The van der Waals surface area contributed by atoms with Gasteiger partial charge in [-0.05, 0) is 60.2 Å². The summed E-state index contributed by atoms with van der Waals surface area (Å²) in [5, 5.41) is 21.5. The number of hydrogen-bond acceptors (Lipinski definition) is 7. The van der Waals surface area contributed by atoms with E-state index in [0.717, 1.165) is 28.6 Å². The maximum absolute atomic E-state index is 13.2. The first-order chi connectivity index (χ1) is 19.0. The monoisotopic (exact) mass is 538 g/mol. The number of hydrogen-bond donors (Lipinski definition) is 4. The minimum Gasteiger partial charge on any atom is -0.380 e. The number of benzene rings is 2. The van der Waals surface area contributed by atoms with Crippen molar-refractivity contribution >= 4 is 57.1 Å². The van der Waals surface area contributed by atoms with Crippen molar-refractivity contribution in [3.8, 4) is 6.19 Å². The number of rotatable bonds is 7. The molecule has 5 N–H and O–H groups in total. The number of pyridine rings is 1. The van der Waals surface area contributed by atoms with Gasteiger partial charge in [0.2, 0.25) is 18.1 Å². The number of nitrogens with zero attached hydrogens (tertiary/aromatic N) is 4. The Balaban J connectivity index is 1.27. The van der Waals surface area contributed by atoms with Gasteiger partial charge in [-0.15, -0.1) is 16.3 Å². The van der Waals surface area contributed by atoms with Crippen LogP contribution in [0.5, 0.6) is 0 Å². The molecule has 2 amide bonds. The average Bonchev–Trinajstić information content (AvgIpc) is 3.62. The van der Waals surface area contributed by atoms with E-state index < -0.39 is 11.9 Å². The lowest BCUT2D eigenvalue weighted by atomic mass is 10.1. The molecule has 1 aliphatic rings. The van der Waals surface area contributed by atoms with Crippen LogP contribution in [-0.4, -0.2) is 40.2 Å². The highest BCUT2D eigenvalue weighted by atomic mass is 32.1. The summed E-state index contributed by atoms with van der Waals surface area (Å²) in [6, 6.07) is 18.4. The molecular weight excluding hydrogens is 512 g/mol. The summed E-state index contributed by atoms with van der Waals surface area (Å²) in [6.07, 6.45) is 4.94. The van der Waals surface area contributed by atoms with Crippen molar-refractivity contribution in [3.63, 3.8) is 0 Å². The third kappa shape index (κ3) is 5.81. The van der Waals surface area contributed by atoms with Crippen molar-refractivity contribution in [2.24, 2.45) is 10.7 Å². The minimum atomic E-state index is -0.526. The van der Waals surface area contributed by atoms with Gasteiger partial charge in [0.05, 0.1) is 11.2 Å². The number of carbonyl (C=O) groups excluding carboxylic acids is 2. The van der Waals surface area contributed by atoms with Crippen LogP contribution in [-0.2, 0) is 11.3 Å². The Hall–Kier alpha value is -4.95. The van der Waals surface area contributed by atoms with Crippen molar-refractivity contribution in [2.45, 2.75) is 25.4 Å². The second-order valence-electron chi connectivity index (χ2n) is 8.95. The summed E-state index contributed by atoms with van der Waals surface area (Å²) < 4.78 is 0. The lowest BCUT2D eigenvalue weighted by molar-refractivity contribution is -0.121. The standard InChI is InChI=1S/C28H26N8O2S/c29-17-33-28(36-13-4-9-24(36)26(30)37)35-20-6-3-5-19(15-20)34-27(38)25-23(11-14-39-25)32-16-18-10-12-31-22-8-2-1-7-21(18)22/h1-3,5-8,10-12,14-15,24,32H,4,9,13,16H2,(H2,30,37)(H,33,35)(H,34,38)/t24-/m1/s1. The van der Waals surface area contributed by atoms with Gasteiger partial charge in [0.25, 0.3) is 5.91 Å². The molecule has 0 spiro atoms. The molecule has 1 aliphatic heterocycles. The molecule has 2 aromatic heterocycles. The highest BCUT2D eigenvalue weighted by Crippen LogP contribution is 2.26. The molecule has 0 bridgehead atoms. The number of nitrogens with one attached hydrogen (secondary N) is 3. The molecule has 10 nitrogen and oxygen atoms in total. The number of nitrogens with two attached hydrogens (primary N) is 1. The average molecular weight is 539 g/mol. The van der Waals surface area contributed by atoms with Gasteiger partial charge >= 0.3 is 0 Å². The normalized spacial score (nSPS) is 15.1. The van der Waals surface area contributed by atoms with Crippen molar-refractivity contribution in [1.29, 1.82) is 5.26 Å². The van der Waals surface area contributed by atoms with Gasteiger partial charge in [-0.25, -0.2) is 0 Å². The zero-order valence-electron chi connectivity index (χ0n) is 20.9. The first-order valence-corrected chi connectivity index (χ1v) is 13.3. The van der Waals surface area contributed by atoms with E-state index in [2.05, 4.69) is 25.9 Å². The molecule has 3 heterocycles. The predicted molar refractivity (Wildman–Crippen MR) is 153 cm³/mol. The summed E-state index contributed by atoms with van der Waals surface area (Å²) in [5.74, 6) is -0.461. The van der Waals surface area contributed by atoms with Gasteiger partial charge in [-0.2, -0.15) is 5.26 Å². The van der Waals surface area contributed by atoms with E-state index in [-0.39, 0.29) is 11.9 Å². The number of likely N-dealkylation sites (tertiary alicyclic amines) is 1. The van der Waals surface area contributed by atoms with Crippen molar-refractivity contribution in [2.75, 3.05) is 22.5 Å². The number of aliphatic imine (C=N–C) groups is 1. The Morgan fingerprint density at radius 1 is 1.13 bits per heavy atom.